The molecular weight excluding hydrogens is 438 g/mol. The lowest BCUT2D eigenvalue weighted by atomic mass is 10.0. The molecule has 7 rings (SSSR count). The first kappa shape index (κ1) is 19.2. The third-order valence-electron chi connectivity index (χ3n) is 6.62. The van der Waals surface area contributed by atoms with Gasteiger partial charge in [-0.05, 0) is 24.1 Å². The Bertz CT molecular complexity index is 1480. The van der Waals surface area contributed by atoms with Gasteiger partial charge in [0.1, 0.15) is 0 Å². The van der Waals surface area contributed by atoms with Crippen molar-refractivity contribution in [3.63, 3.8) is 0 Å². The summed E-state index contributed by atoms with van der Waals surface area (Å²) in [6.07, 6.45) is 7.65. The number of morpholine rings is 1. The van der Waals surface area contributed by atoms with Gasteiger partial charge < -0.3 is 19.4 Å². The molecule has 0 saturated carbocycles. The molecule has 2 unspecified atom stereocenters. The maximum Gasteiger partial charge on any atom is 0.301 e. The number of benzene rings is 1. The molecule has 3 aliphatic rings. The Morgan fingerprint density at radius 1 is 1.21 bits per heavy atom. The van der Waals surface area contributed by atoms with Gasteiger partial charge in [0.25, 0.3) is 11.8 Å². The largest absolute Gasteiger partial charge is 0.418 e. The second-order valence-electron chi connectivity index (χ2n) is 8.62. The molecule has 11 heteroatoms. The number of amides is 2. The van der Waals surface area contributed by atoms with Crippen molar-refractivity contribution in [3.05, 3.63) is 59.9 Å². The van der Waals surface area contributed by atoms with E-state index in [2.05, 4.69) is 25.6 Å². The highest BCUT2D eigenvalue weighted by Crippen LogP contribution is 2.31. The fraction of sp³-hybridized carbons (Fsp3) is 0.261. The molecule has 2 saturated heterocycles. The number of hydrogen-bond acceptors (Lipinski definition) is 8. The molecule has 2 N–H and O–H groups in total. The van der Waals surface area contributed by atoms with Gasteiger partial charge in [-0.2, -0.15) is 0 Å². The van der Waals surface area contributed by atoms with E-state index in [-0.39, 0.29) is 35.7 Å². The Morgan fingerprint density at radius 3 is 3.00 bits per heavy atom. The number of likely N-dealkylation sites (tertiary alicyclic amines) is 1. The Labute approximate surface area is 192 Å². The molecule has 11 nitrogen and oxygen atoms in total. The molecule has 2 bridgehead atoms. The maximum atomic E-state index is 12.8. The predicted molar refractivity (Wildman–Crippen MR) is 119 cm³/mol. The first-order valence-electron chi connectivity index (χ1n) is 11.0. The zero-order valence-corrected chi connectivity index (χ0v) is 17.9. The number of fused-ring (bicyclic) bond motifs is 4. The van der Waals surface area contributed by atoms with Crippen molar-refractivity contribution >= 4 is 29.3 Å². The Kier molecular flexibility index (Phi) is 4.03. The quantitative estimate of drug-likeness (QED) is 0.476. The average Bonchev–Trinajstić information content (AvgIpc) is 3.68. The fourth-order valence-electron chi connectivity index (χ4n) is 4.93. The van der Waals surface area contributed by atoms with Crippen molar-refractivity contribution in [3.8, 4) is 11.3 Å². The first-order valence-corrected chi connectivity index (χ1v) is 11.0. The lowest BCUT2D eigenvalue weighted by Gasteiger charge is -2.25. The molecule has 2 fully saturated rings. The van der Waals surface area contributed by atoms with E-state index in [1.165, 1.54) is 6.20 Å². The number of oxazole rings is 1. The number of carbonyl (C=O) groups is 2. The molecular formula is C23H19N7O4. The molecule has 3 aromatic heterocycles. The topological polar surface area (TPSA) is 127 Å². The van der Waals surface area contributed by atoms with E-state index < -0.39 is 0 Å². The van der Waals surface area contributed by atoms with E-state index in [0.717, 1.165) is 23.2 Å². The second kappa shape index (κ2) is 7.12. The smallest absolute Gasteiger partial charge is 0.301 e. The second-order valence-corrected chi connectivity index (χ2v) is 8.62. The van der Waals surface area contributed by atoms with Gasteiger partial charge in [-0.25, -0.2) is 15.0 Å². The number of nitrogens with zero attached hydrogens (tertiary/aromatic N) is 5. The van der Waals surface area contributed by atoms with Gasteiger partial charge >= 0.3 is 6.01 Å². The molecule has 0 spiro atoms. The van der Waals surface area contributed by atoms with E-state index in [4.69, 9.17) is 9.15 Å². The Morgan fingerprint density at radius 2 is 2.15 bits per heavy atom. The van der Waals surface area contributed by atoms with Crippen molar-refractivity contribution in [2.24, 2.45) is 0 Å². The number of aromatic nitrogens is 4. The molecule has 6 heterocycles. The van der Waals surface area contributed by atoms with Gasteiger partial charge in [-0.3, -0.25) is 19.3 Å². The molecule has 1 aromatic carbocycles. The third-order valence-corrected chi connectivity index (χ3v) is 6.62. The SMILES string of the molecule is O=C1NCc2cc(-c3cnc(Nc4ncc(C(=O)N5CC6CC5CO6)o4)c4nccn34)ccc21. The van der Waals surface area contributed by atoms with Crippen molar-refractivity contribution in [1.82, 2.24) is 29.6 Å². The van der Waals surface area contributed by atoms with Crippen LogP contribution >= 0.6 is 0 Å². The number of nitrogens with one attached hydrogen (secondary N) is 2. The van der Waals surface area contributed by atoms with E-state index >= 15 is 0 Å². The van der Waals surface area contributed by atoms with Crippen LogP contribution in [0.3, 0.4) is 0 Å². The molecule has 2 atom stereocenters. The zero-order valence-electron chi connectivity index (χ0n) is 17.9. The van der Waals surface area contributed by atoms with Crippen LogP contribution in [0.15, 0.2) is 47.4 Å². The summed E-state index contributed by atoms with van der Waals surface area (Å²) < 4.78 is 13.2. The summed E-state index contributed by atoms with van der Waals surface area (Å²) in [4.78, 5) is 39.7. The van der Waals surface area contributed by atoms with Crippen molar-refractivity contribution in [1.29, 1.82) is 0 Å². The summed E-state index contributed by atoms with van der Waals surface area (Å²) >= 11 is 0. The summed E-state index contributed by atoms with van der Waals surface area (Å²) in [5.41, 5.74) is 3.97. The third kappa shape index (κ3) is 2.90. The summed E-state index contributed by atoms with van der Waals surface area (Å²) in [5.74, 6) is 0.380. The van der Waals surface area contributed by atoms with Crippen LogP contribution in [0, 0.1) is 0 Å². The molecule has 3 aliphatic heterocycles. The van der Waals surface area contributed by atoms with Gasteiger partial charge in [0.2, 0.25) is 5.76 Å². The minimum Gasteiger partial charge on any atom is -0.418 e. The van der Waals surface area contributed by atoms with Gasteiger partial charge in [0.15, 0.2) is 11.5 Å². The zero-order chi connectivity index (χ0) is 22.8. The van der Waals surface area contributed by atoms with Crippen LogP contribution in [-0.4, -0.2) is 61.4 Å². The lowest BCUT2D eigenvalue weighted by molar-refractivity contribution is 0.0242. The van der Waals surface area contributed by atoms with Crippen LogP contribution < -0.4 is 10.6 Å². The number of rotatable bonds is 4. The van der Waals surface area contributed by atoms with Crippen molar-refractivity contribution in [2.75, 3.05) is 18.5 Å². The summed E-state index contributed by atoms with van der Waals surface area (Å²) in [6, 6.07) is 5.97. The van der Waals surface area contributed by atoms with E-state index in [0.29, 0.717) is 36.7 Å². The minimum absolute atomic E-state index is 0.0543. The highest BCUT2D eigenvalue weighted by atomic mass is 16.5. The molecule has 0 radical (unpaired) electrons. The van der Waals surface area contributed by atoms with Gasteiger partial charge in [0, 0.05) is 36.6 Å². The number of imidazole rings is 1. The van der Waals surface area contributed by atoms with Crippen molar-refractivity contribution < 1.29 is 18.7 Å². The average molecular weight is 457 g/mol. The number of hydrogen-bond donors (Lipinski definition) is 2. The van der Waals surface area contributed by atoms with Crippen LogP contribution in [0.2, 0.25) is 0 Å². The summed E-state index contributed by atoms with van der Waals surface area (Å²) in [6.45, 7) is 1.66. The summed E-state index contributed by atoms with van der Waals surface area (Å²) in [7, 11) is 0. The number of carbonyl (C=O) groups excluding carboxylic acids is 2. The standard InChI is InChI=1S/C23H19N7O4/c31-21-16-2-1-12(5-13(16)7-26-21)17-8-25-19(20-24-3-4-29(17)20)28-23-27-9-18(34-23)22(32)30-10-15-6-14(30)11-33-15/h1-5,8-9,14-15H,6-7,10-11H2,(H,26,31)(H,25,27,28). The minimum atomic E-state index is -0.185. The normalized spacial score (nSPS) is 20.7. The maximum absolute atomic E-state index is 12.8. The van der Waals surface area contributed by atoms with Crippen LogP contribution in [0.5, 0.6) is 0 Å². The Hall–Kier alpha value is -4.25. The molecule has 4 aromatic rings. The van der Waals surface area contributed by atoms with Gasteiger partial charge in [-0.15, -0.1) is 0 Å². The Balaban J connectivity index is 1.16. The van der Waals surface area contributed by atoms with E-state index in [1.54, 1.807) is 17.3 Å². The van der Waals surface area contributed by atoms with E-state index in [1.807, 2.05) is 28.8 Å². The molecule has 0 aliphatic carbocycles. The van der Waals surface area contributed by atoms with Crippen LogP contribution in [0.4, 0.5) is 11.8 Å². The number of ether oxygens (including phenoxy) is 1. The highest BCUT2D eigenvalue weighted by molar-refractivity contribution is 5.99. The van der Waals surface area contributed by atoms with Gasteiger partial charge in [0.05, 0.1) is 36.8 Å². The van der Waals surface area contributed by atoms with Crippen LogP contribution in [0.25, 0.3) is 16.9 Å². The van der Waals surface area contributed by atoms with Crippen LogP contribution in [0.1, 0.15) is 32.9 Å². The van der Waals surface area contributed by atoms with Crippen molar-refractivity contribution in [2.45, 2.75) is 25.1 Å². The monoisotopic (exact) mass is 457 g/mol. The first-order chi connectivity index (χ1) is 16.6. The fourth-order valence-corrected chi connectivity index (χ4v) is 4.93. The van der Waals surface area contributed by atoms with E-state index in [9.17, 15) is 9.59 Å². The van der Waals surface area contributed by atoms with Gasteiger partial charge in [-0.1, -0.05) is 6.07 Å². The molecule has 34 heavy (non-hydrogen) atoms. The molecule has 170 valence electrons. The number of anilines is 2. The molecule has 2 amide bonds. The summed E-state index contributed by atoms with van der Waals surface area (Å²) in [5, 5.41) is 5.87. The highest BCUT2D eigenvalue weighted by Gasteiger charge is 2.42. The van der Waals surface area contributed by atoms with Crippen LogP contribution in [-0.2, 0) is 11.3 Å². The lowest BCUT2D eigenvalue weighted by Crippen LogP contribution is -2.41. The predicted octanol–water partition coefficient (Wildman–Crippen LogP) is 1.98.